The first-order valence-corrected chi connectivity index (χ1v) is 9.92. The molecule has 0 bridgehead atoms. The van der Waals surface area contributed by atoms with Gasteiger partial charge in [-0.2, -0.15) is 0 Å². The number of hydrogen-bond acceptors (Lipinski definition) is 4. The second-order valence-corrected chi connectivity index (χ2v) is 8.01. The lowest BCUT2D eigenvalue weighted by atomic mass is 10.1. The molecular weight excluding hydrogens is 346 g/mol. The van der Waals surface area contributed by atoms with Crippen LogP contribution in [-0.4, -0.2) is 20.1 Å². The number of rotatable bonds is 7. The van der Waals surface area contributed by atoms with E-state index in [1.165, 1.54) is 29.8 Å². The summed E-state index contributed by atoms with van der Waals surface area (Å²) < 4.78 is 25.5. The maximum Gasteiger partial charge on any atom is 0.206 e. The first-order valence-electron chi connectivity index (χ1n) is 8.43. The molecule has 2 N–H and O–H groups in total. The highest BCUT2D eigenvalue weighted by Crippen LogP contribution is 2.24. The summed E-state index contributed by atoms with van der Waals surface area (Å²) in [5.41, 5.74) is 2.17. The van der Waals surface area contributed by atoms with Crippen molar-refractivity contribution in [2.75, 3.05) is 6.54 Å². The van der Waals surface area contributed by atoms with Crippen molar-refractivity contribution < 1.29 is 13.5 Å². The summed E-state index contributed by atoms with van der Waals surface area (Å²) >= 11 is 0. The molecular formula is C21H21NO3S. The van der Waals surface area contributed by atoms with Crippen molar-refractivity contribution in [1.29, 1.82) is 0 Å². The van der Waals surface area contributed by atoms with Gasteiger partial charge in [0.25, 0.3) is 0 Å². The topological polar surface area (TPSA) is 66.4 Å². The summed E-state index contributed by atoms with van der Waals surface area (Å²) in [5, 5.41) is 12.9. The summed E-state index contributed by atoms with van der Waals surface area (Å²) in [6.45, 7) is 1.53. The third-order valence-corrected chi connectivity index (χ3v) is 5.85. The van der Waals surface area contributed by atoms with Crippen LogP contribution in [0.15, 0.2) is 88.7 Å². The molecule has 3 rings (SSSR count). The molecule has 5 heteroatoms. The SMILES string of the molecule is O=S(=O)(c1cccc(O)c1)c1cccc(CCNCc2ccccc2)c1. The molecule has 0 aliphatic rings. The Bertz CT molecular complexity index is 969. The van der Waals surface area contributed by atoms with Crippen LogP contribution < -0.4 is 5.32 Å². The standard InChI is InChI=1S/C21H21NO3S/c23-19-9-5-11-21(15-19)26(24,25)20-10-4-8-17(14-20)12-13-22-16-18-6-2-1-3-7-18/h1-11,14-15,22-23H,12-13,16H2. The van der Waals surface area contributed by atoms with Gasteiger partial charge in [-0.05, 0) is 54.4 Å². The second-order valence-electron chi connectivity index (χ2n) is 6.06. The predicted molar refractivity (Wildman–Crippen MR) is 102 cm³/mol. The van der Waals surface area contributed by atoms with E-state index in [0.717, 1.165) is 25.1 Å². The van der Waals surface area contributed by atoms with E-state index in [0.29, 0.717) is 0 Å². The maximum atomic E-state index is 12.7. The monoisotopic (exact) mass is 367 g/mol. The van der Waals surface area contributed by atoms with E-state index in [-0.39, 0.29) is 15.5 Å². The highest BCUT2D eigenvalue weighted by Gasteiger charge is 2.18. The minimum atomic E-state index is -3.64. The van der Waals surface area contributed by atoms with Gasteiger partial charge in [-0.15, -0.1) is 0 Å². The number of phenols is 1. The zero-order valence-corrected chi connectivity index (χ0v) is 15.1. The first-order chi connectivity index (χ1) is 12.6. The molecule has 26 heavy (non-hydrogen) atoms. The first kappa shape index (κ1) is 18.2. The lowest BCUT2D eigenvalue weighted by Gasteiger charge is -2.08. The van der Waals surface area contributed by atoms with Crippen LogP contribution in [0.5, 0.6) is 5.75 Å². The Balaban J connectivity index is 1.66. The predicted octanol–water partition coefficient (Wildman–Crippen LogP) is 3.56. The van der Waals surface area contributed by atoms with Gasteiger partial charge in [0.2, 0.25) is 9.84 Å². The fraction of sp³-hybridized carbons (Fsp3) is 0.143. The van der Waals surface area contributed by atoms with Gasteiger partial charge in [0.15, 0.2) is 0 Å². The molecule has 0 aliphatic heterocycles. The number of hydrogen-bond donors (Lipinski definition) is 2. The Morgan fingerprint density at radius 1 is 0.769 bits per heavy atom. The molecule has 0 spiro atoms. The van der Waals surface area contributed by atoms with Crippen molar-refractivity contribution in [2.45, 2.75) is 22.8 Å². The fourth-order valence-corrected chi connectivity index (χ4v) is 4.09. The van der Waals surface area contributed by atoms with E-state index in [1.54, 1.807) is 18.2 Å². The van der Waals surface area contributed by atoms with Gasteiger partial charge < -0.3 is 10.4 Å². The fourth-order valence-electron chi connectivity index (χ4n) is 2.72. The Hall–Kier alpha value is -2.63. The van der Waals surface area contributed by atoms with Crippen LogP contribution in [0.1, 0.15) is 11.1 Å². The van der Waals surface area contributed by atoms with Crippen LogP contribution in [0.4, 0.5) is 0 Å². The zero-order valence-electron chi connectivity index (χ0n) is 14.3. The number of phenolic OH excluding ortho intramolecular Hbond substituents is 1. The van der Waals surface area contributed by atoms with Crippen LogP contribution in [0.25, 0.3) is 0 Å². The maximum absolute atomic E-state index is 12.7. The largest absolute Gasteiger partial charge is 0.508 e. The number of nitrogens with one attached hydrogen (secondary N) is 1. The van der Waals surface area contributed by atoms with E-state index >= 15 is 0 Å². The molecule has 0 saturated carbocycles. The van der Waals surface area contributed by atoms with Crippen LogP contribution >= 0.6 is 0 Å². The summed E-state index contributed by atoms with van der Waals surface area (Å²) in [7, 11) is -3.64. The van der Waals surface area contributed by atoms with Crippen molar-refractivity contribution in [1.82, 2.24) is 5.32 Å². The highest BCUT2D eigenvalue weighted by molar-refractivity contribution is 7.91. The smallest absolute Gasteiger partial charge is 0.206 e. The van der Waals surface area contributed by atoms with Crippen LogP contribution in [-0.2, 0) is 22.8 Å². The van der Waals surface area contributed by atoms with Gasteiger partial charge in [0, 0.05) is 6.54 Å². The summed E-state index contributed by atoms with van der Waals surface area (Å²) in [5.74, 6) is -0.0626. The molecule has 0 heterocycles. The van der Waals surface area contributed by atoms with E-state index in [1.807, 2.05) is 24.3 Å². The van der Waals surface area contributed by atoms with Crippen LogP contribution in [0, 0.1) is 0 Å². The van der Waals surface area contributed by atoms with E-state index < -0.39 is 9.84 Å². The minimum Gasteiger partial charge on any atom is -0.508 e. The molecule has 3 aromatic carbocycles. The summed E-state index contributed by atoms with van der Waals surface area (Å²) in [6, 6.07) is 22.8. The molecule has 0 unspecified atom stereocenters. The summed E-state index contributed by atoms with van der Waals surface area (Å²) in [6.07, 6.45) is 0.732. The second kappa shape index (κ2) is 8.17. The van der Waals surface area contributed by atoms with E-state index in [2.05, 4.69) is 17.4 Å². The van der Waals surface area contributed by atoms with Gasteiger partial charge in [-0.25, -0.2) is 8.42 Å². The van der Waals surface area contributed by atoms with E-state index in [9.17, 15) is 13.5 Å². The van der Waals surface area contributed by atoms with Gasteiger partial charge in [-0.1, -0.05) is 48.5 Å². The minimum absolute atomic E-state index is 0.0626. The Morgan fingerprint density at radius 2 is 1.42 bits per heavy atom. The molecule has 0 fully saturated rings. The normalized spacial score (nSPS) is 11.4. The molecule has 0 saturated heterocycles. The third kappa shape index (κ3) is 4.50. The number of aromatic hydroxyl groups is 1. The van der Waals surface area contributed by atoms with Gasteiger partial charge in [0.1, 0.15) is 5.75 Å². The molecule has 0 amide bonds. The van der Waals surface area contributed by atoms with Crippen molar-refractivity contribution in [3.8, 4) is 5.75 Å². The van der Waals surface area contributed by atoms with Gasteiger partial charge >= 0.3 is 0 Å². The van der Waals surface area contributed by atoms with Crippen molar-refractivity contribution in [3.05, 3.63) is 90.0 Å². The molecule has 0 atom stereocenters. The molecule has 0 aliphatic carbocycles. The van der Waals surface area contributed by atoms with Gasteiger partial charge in [-0.3, -0.25) is 0 Å². The molecule has 3 aromatic rings. The number of benzene rings is 3. The molecule has 0 radical (unpaired) electrons. The van der Waals surface area contributed by atoms with Crippen molar-refractivity contribution >= 4 is 9.84 Å². The average molecular weight is 367 g/mol. The lowest BCUT2D eigenvalue weighted by molar-refractivity contribution is 0.473. The molecule has 0 aromatic heterocycles. The van der Waals surface area contributed by atoms with Crippen molar-refractivity contribution in [2.24, 2.45) is 0 Å². The molecule has 4 nitrogen and oxygen atoms in total. The van der Waals surface area contributed by atoms with E-state index in [4.69, 9.17) is 0 Å². The van der Waals surface area contributed by atoms with Crippen molar-refractivity contribution in [3.63, 3.8) is 0 Å². The lowest BCUT2D eigenvalue weighted by Crippen LogP contribution is -2.16. The third-order valence-electron chi connectivity index (χ3n) is 4.10. The quantitative estimate of drug-likeness (QED) is 0.627. The number of sulfone groups is 1. The Morgan fingerprint density at radius 3 is 2.15 bits per heavy atom. The highest BCUT2D eigenvalue weighted by atomic mass is 32.2. The molecule has 134 valence electrons. The van der Waals surface area contributed by atoms with Gasteiger partial charge in [0.05, 0.1) is 9.79 Å². The Labute approximate surface area is 154 Å². The average Bonchev–Trinajstić information content (AvgIpc) is 2.66. The van der Waals surface area contributed by atoms with Crippen LogP contribution in [0.2, 0.25) is 0 Å². The summed E-state index contributed by atoms with van der Waals surface area (Å²) in [4.78, 5) is 0.334. The Kier molecular flexibility index (Phi) is 5.71. The zero-order chi connectivity index (χ0) is 18.4. The van der Waals surface area contributed by atoms with Crippen LogP contribution in [0.3, 0.4) is 0 Å².